The number of methoxy groups -OCH3 is 1. The Morgan fingerprint density at radius 2 is 2.30 bits per heavy atom. The van der Waals surface area contributed by atoms with E-state index in [9.17, 15) is 0 Å². The summed E-state index contributed by atoms with van der Waals surface area (Å²) in [6, 6.07) is 1.79. The van der Waals surface area contributed by atoms with Gasteiger partial charge in [-0.3, -0.25) is 4.98 Å². The number of hydrogen-bond acceptors (Lipinski definition) is 2. The zero-order valence-electron chi connectivity index (χ0n) is 5.89. The molecule has 0 aliphatic carbocycles. The summed E-state index contributed by atoms with van der Waals surface area (Å²) in [6.45, 7) is 1.89. The largest absolute Gasteiger partial charge is 0.495 e. The Morgan fingerprint density at radius 1 is 1.60 bits per heavy atom. The molecule has 0 unspecified atom stereocenters. The summed E-state index contributed by atoms with van der Waals surface area (Å²) < 4.78 is 4.95. The van der Waals surface area contributed by atoms with E-state index >= 15 is 0 Å². The van der Waals surface area contributed by atoms with Gasteiger partial charge in [0.05, 0.1) is 7.11 Å². The normalized spacial score (nSPS) is 9.50. The first-order chi connectivity index (χ1) is 4.74. The molecule has 0 saturated carbocycles. The van der Waals surface area contributed by atoms with Crippen LogP contribution in [0.5, 0.6) is 5.75 Å². The fourth-order valence-electron chi connectivity index (χ4n) is 0.674. The van der Waals surface area contributed by atoms with Gasteiger partial charge in [-0.15, -0.1) is 0 Å². The van der Waals surface area contributed by atoms with Crippen molar-refractivity contribution < 1.29 is 4.74 Å². The van der Waals surface area contributed by atoms with Crippen LogP contribution < -0.4 is 4.74 Å². The van der Waals surface area contributed by atoms with Gasteiger partial charge in [0.15, 0.2) is 0 Å². The second-order valence-electron chi connectivity index (χ2n) is 1.96. The lowest BCUT2D eigenvalue weighted by atomic mass is 10.3. The van der Waals surface area contributed by atoms with Crippen molar-refractivity contribution in [2.45, 2.75) is 6.92 Å². The number of aromatic nitrogens is 1. The van der Waals surface area contributed by atoms with E-state index in [1.807, 2.05) is 6.92 Å². The Labute approximate surface area is 64.8 Å². The van der Waals surface area contributed by atoms with Gasteiger partial charge in [0, 0.05) is 18.0 Å². The smallest absolute Gasteiger partial charge is 0.140 e. The zero-order chi connectivity index (χ0) is 7.56. The highest BCUT2D eigenvalue weighted by Gasteiger charge is 1.98. The minimum atomic E-state index is 0.549. The van der Waals surface area contributed by atoms with Gasteiger partial charge in [0.1, 0.15) is 10.8 Å². The van der Waals surface area contributed by atoms with Gasteiger partial charge in [0.25, 0.3) is 0 Å². The van der Waals surface area contributed by atoms with E-state index < -0.39 is 0 Å². The van der Waals surface area contributed by atoms with Crippen LogP contribution in [-0.4, -0.2) is 12.1 Å². The van der Waals surface area contributed by atoms with E-state index in [0.717, 1.165) is 5.69 Å². The summed E-state index contributed by atoms with van der Waals surface area (Å²) in [6.07, 6.45) is 1.58. The van der Waals surface area contributed by atoms with Gasteiger partial charge >= 0.3 is 0 Å². The molecule has 0 aromatic carbocycles. The average Bonchev–Trinajstić information content (AvgIpc) is 1.94. The quantitative estimate of drug-likeness (QED) is 0.623. The molecule has 0 amide bonds. The van der Waals surface area contributed by atoms with E-state index in [4.69, 9.17) is 16.3 Å². The third kappa shape index (κ3) is 1.39. The number of pyridine rings is 1. The Kier molecular flexibility index (Phi) is 2.12. The van der Waals surface area contributed by atoms with Crippen molar-refractivity contribution in [2.75, 3.05) is 7.11 Å². The molecular weight excluding hydrogens is 150 g/mol. The summed E-state index contributed by atoms with van der Waals surface area (Å²) >= 11 is 5.71. The van der Waals surface area contributed by atoms with Crippen LogP contribution in [-0.2, 0) is 0 Å². The van der Waals surface area contributed by atoms with Crippen LogP contribution in [0.2, 0.25) is 5.02 Å². The van der Waals surface area contributed by atoms with E-state index in [0.29, 0.717) is 10.8 Å². The van der Waals surface area contributed by atoms with Crippen LogP contribution in [0.4, 0.5) is 0 Å². The highest BCUT2D eigenvalue weighted by molar-refractivity contribution is 6.31. The van der Waals surface area contributed by atoms with Crippen molar-refractivity contribution in [1.29, 1.82) is 0 Å². The summed E-state index contributed by atoms with van der Waals surface area (Å²) in [7, 11) is 1.58. The maximum absolute atomic E-state index is 5.71. The third-order valence-corrected chi connectivity index (χ3v) is 1.46. The molecule has 0 radical (unpaired) electrons. The predicted molar refractivity (Wildman–Crippen MR) is 40.5 cm³/mol. The monoisotopic (exact) mass is 157 g/mol. The standard InChI is InChI=1S/C7H8ClNO/c1-5-3-7(10-2)6(8)4-9-5/h3-4H,1-2H3. The minimum Gasteiger partial charge on any atom is -0.495 e. The summed E-state index contributed by atoms with van der Waals surface area (Å²) in [5.74, 6) is 0.675. The number of halogens is 1. The van der Waals surface area contributed by atoms with Crippen LogP contribution in [0.25, 0.3) is 0 Å². The van der Waals surface area contributed by atoms with E-state index in [1.165, 1.54) is 0 Å². The van der Waals surface area contributed by atoms with Crippen molar-refractivity contribution in [3.63, 3.8) is 0 Å². The molecule has 0 bridgehead atoms. The maximum Gasteiger partial charge on any atom is 0.140 e. The molecule has 1 aromatic rings. The Bertz CT molecular complexity index is 237. The number of hydrogen-bond donors (Lipinski definition) is 0. The summed E-state index contributed by atoms with van der Waals surface area (Å²) in [4.78, 5) is 3.98. The van der Waals surface area contributed by atoms with E-state index in [2.05, 4.69) is 4.98 Å². The van der Waals surface area contributed by atoms with Crippen molar-refractivity contribution in [2.24, 2.45) is 0 Å². The van der Waals surface area contributed by atoms with Crippen molar-refractivity contribution in [3.8, 4) is 5.75 Å². The third-order valence-electron chi connectivity index (χ3n) is 1.18. The molecule has 0 N–H and O–H groups in total. The molecule has 3 heteroatoms. The predicted octanol–water partition coefficient (Wildman–Crippen LogP) is 2.05. The highest BCUT2D eigenvalue weighted by atomic mass is 35.5. The molecule has 10 heavy (non-hydrogen) atoms. The second kappa shape index (κ2) is 2.88. The van der Waals surface area contributed by atoms with Gasteiger partial charge in [-0.25, -0.2) is 0 Å². The SMILES string of the molecule is COc1cc(C)ncc1Cl. The van der Waals surface area contributed by atoms with Gasteiger partial charge in [-0.2, -0.15) is 0 Å². The van der Waals surface area contributed by atoms with Crippen LogP contribution in [0, 0.1) is 6.92 Å². The van der Waals surface area contributed by atoms with Crippen molar-refractivity contribution >= 4 is 11.6 Å². The molecule has 2 nitrogen and oxygen atoms in total. The van der Waals surface area contributed by atoms with Gasteiger partial charge in [0.2, 0.25) is 0 Å². The fraction of sp³-hybridized carbons (Fsp3) is 0.286. The molecule has 0 spiro atoms. The fourth-order valence-corrected chi connectivity index (χ4v) is 0.855. The molecule has 1 heterocycles. The average molecular weight is 158 g/mol. The van der Waals surface area contributed by atoms with Gasteiger partial charge in [-0.1, -0.05) is 11.6 Å². The number of rotatable bonds is 1. The summed E-state index contributed by atoms with van der Waals surface area (Å²) in [5, 5.41) is 0.549. The first-order valence-corrected chi connectivity index (χ1v) is 3.28. The van der Waals surface area contributed by atoms with Crippen LogP contribution >= 0.6 is 11.6 Å². The highest BCUT2D eigenvalue weighted by Crippen LogP contribution is 2.22. The number of aryl methyl sites for hydroxylation is 1. The zero-order valence-corrected chi connectivity index (χ0v) is 6.64. The Morgan fingerprint density at radius 3 is 2.80 bits per heavy atom. The Balaban J connectivity index is 3.09. The first-order valence-electron chi connectivity index (χ1n) is 2.90. The topological polar surface area (TPSA) is 22.1 Å². The van der Waals surface area contributed by atoms with E-state index in [-0.39, 0.29) is 0 Å². The lowest BCUT2D eigenvalue weighted by molar-refractivity contribution is 0.414. The van der Waals surface area contributed by atoms with Crippen molar-refractivity contribution in [3.05, 3.63) is 23.0 Å². The van der Waals surface area contributed by atoms with Crippen molar-refractivity contribution in [1.82, 2.24) is 4.98 Å². The molecule has 1 aromatic heterocycles. The van der Waals surface area contributed by atoms with Gasteiger partial charge in [-0.05, 0) is 6.92 Å². The maximum atomic E-state index is 5.71. The van der Waals surface area contributed by atoms with Crippen LogP contribution in [0.3, 0.4) is 0 Å². The molecule has 54 valence electrons. The van der Waals surface area contributed by atoms with Crippen LogP contribution in [0.15, 0.2) is 12.3 Å². The molecule has 0 fully saturated rings. The molecule has 0 aliphatic rings. The second-order valence-corrected chi connectivity index (χ2v) is 2.37. The Hall–Kier alpha value is -0.760. The molecule has 0 saturated heterocycles. The van der Waals surface area contributed by atoms with Crippen LogP contribution in [0.1, 0.15) is 5.69 Å². The lowest BCUT2D eigenvalue weighted by Crippen LogP contribution is -1.86. The lowest BCUT2D eigenvalue weighted by Gasteiger charge is -2.01. The van der Waals surface area contributed by atoms with Gasteiger partial charge < -0.3 is 4.74 Å². The molecule has 0 atom stereocenters. The number of ether oxygens (including phenoxy) is 1. The first kappa shape index (κ1) is 7.35. The minimum absolute atomic E-state index is 0.549. The molecular formula is C7H8ClNO. The molecule has 0 aliphatic heterocycles. The summed E-state index contributed by atoms with van der Waals surface area (Å²) in [5.41, 5.74) is 0.904. The van der Waals surface area contributed by atoms with E-state index in [1.54, 1.807) is 19.4 Å². The molecule has 1 rings (SSSR count). The number of nitrogens with zero attached hydrogens (tertiary/aromatic N) is 1.